The van der Waals surface area contributed by atoms with Crippen molar-refractivity contribution in [3.8, 4) is 6.07 Å². The molecule has 1 aliphatic heterocycles. The van der Waals surface area contributed by atoms with Crippen molar-refractivity contribution in [2.75, 3.05) is 45.8 Å². The number of rotatable bonds is 33. The lowest BCUT2D eigenvalue weighted by Gasteiger charge is -2.28. The lowest BCUT2D eigenvalue weighted by molar-refractivity contribution is -0.137. The Labute approximate surface area is 434 Å². The van der Waals surface area contributed by atoms with Gasteiger partial charge in [0.15, 0.2) is 5.96 Å². The number of amides is 8. The molecule has 28 nitrogen and oxygen atoms in total. The number of carboxylic acids is 1. The third-order valence-electron chi connectivity index (χ3n) is 11.7. The topological polar surface area (TPSA) is 498 Å². The van der Waals surface area contributed by atoms with Crippen molar-refractivity contribution in [1.29, 1.82) is 10.7 Å². The lowest BCUT2D eigenvalue weighted by atomic mass is 10.0. The van der Waals surface area contributed by atoms with Gasteiger partial charge in [-0.2, -0.15) is 5.26 Å². The molecule has 22 N–H and O–H groups in total. The van der Waals surface area contributed by atoms with Crippen LogP contribution in [0.4, 0.5) is 0 Å². The van der Waals surface area contributed by atoms with E-state index in [2.05, 4.69) is 42.2 Å². The second kappa shape index (κ2) is 34.1. The van der Waals surface area contributed by atoms with Crippen LogP contribution in [0.15, 0.2) is 41.0 Å². The highest BCUT2D eigenvalue weighted by molar-refractivity contribution is 6.40. The maximum absolute atomic E-state index is 14.2. The Morgan fingerprint density at radius 1 is 0.840 bits per heavy atom. The summed E-state index contributed by atoms with van der Waals surface area (Å²) >= 11 is 0. The molecular formula is C47H75N17O11. The minimum absolute atomic E-state index is 0.0210. The van der Waals surface area contributed by atoms with Gasteiger partial charge in [0, 0.05) is 26.1 Å². The zero-order chi connectivity index (χ0) is 56.0. The first-order chi connectivity index (χ1) is 35.7. The molecule has 0 aromatic heterocycles. The van der Waals surface area contributed by atoms with E-state index in [0.717, 1.165) is 0 Å². The van der Waals surface area contributed by atoms with Crippen LogP contribution in [-0.4, -0.2) is 168 Å². The quantitative estimate of drug-likeness (QED) is 0.0135. The molecule has 2 rings (SSSR count). The van der Waals surface area contributed by atoms with Crippen LogP contribution in [0.25, 0.3) is 0 Å². The van der Waals surface area contributed by atoms with Gasteiger partial charge in [-0.25, -0.2) is 9.79 Å². The average molecular weight is 1050 g/mol. The van der Waals surface area contributed by atoms with Gasteiger partial charge < -0.3 is 86.7 Å². The maximum Gasteiger partial charge on any atom is 0.352 e. The summed E-state index contributed by atoms with van der Waals surface area (Å²) in [6.07, 6.45) is 2.32. The Balaban J connectivity index is 2.32. The summed E-state index contributed by atoms with van der Waals surface area (Å²) in [6.45, 7) is 0.969. The zero-order valence-electron chi connectivity index (χ0n) is 42.2. The maximum atomic E-state index is 14.2. The largest absolute Gasteiger partial charge is 0.477 e. The summed E-state index contributed by atoms with van der Waals surface area (Å²) in [5.41, 5.74) is 33.7. The number of nitrogens with two attached hydrogens (primary N) is 6. The molecule has 1 fully saturated rings. The number of aliphatic hydroxyl groups is 1. The summed E-state index contributed by atoms with van der Waals surface area (Å²) < 4.78 is 0. The van der Waals surface area contributed by atoms with Crippen LogP contribution in [0.5, 0.6) is 0 Å². The van der Waals surface area contributed by atoms with Gasteiger partial charge in [0.1, 0.15) is 41.6 Å². The number of nitriles is 1. The van der Waals surface area contributed by atoms with E-state index < -0.39 is 114 Å². The third-order valence-corrected chi connectivity index (χ3v) is 11.7. The number of carbonyl (C=O) groups is 9. The number of benzene rings is 1. The number of aliphatic carboxylic acids is 1. The van der Waals surface area contributed by atoms with Crippen LogP contribution in [-0.2, 0) is 49.6 Å². The normalized spacial score (nSPS) is 15.9. The van der Waals surface area contributed by atoms with Gasteiger partial charge in [0.25, 0.3) is 11.8 Å². The van der Waals surface area contributed by atoms with Crippen molar-refractivity contribution in [3.63, 3.8) is 0 Å². The summed E-state index contributed by atoms with van der Waals surface area (Å²) in [5, 5.41) is 54.0. The molecule has 414 valence electrons. The first-order valence-electron chi connectivity index (χ1n) is 24.7. The number of carbonyl (C=O) groups excluding carboxylic acids is 8. The van der Waals surface area contributed by atoms with E-state index in [4.69, 9.17) is 39.8 Å². The molecule has 28 heteroatoms. The molecule has 0 spiro atoms. The number of guanidine groups is 1. The zero-order valence-corrected chi connectivity index (χ0v) is 42.2. The number of likely N-dealkylation sites (tertiary alicyclic amines) is 1. The van der Waals surface area contributed by atoms with Crippen molar-refractivity contribution in [1.82, 2.24) is 42.1 Å². The number of unbranched alkanes of at least 4 members (excludes halogenated alkanes) is 2. The Hall–Kier alpha value is -7.42. The molecule has 1 aliphatic rings. The van der Waals surface area contributed by atoms with Crippen LogP contribution >= 0.6 is 0 Å². The number of carboxylic acid groups (broad SMARTS) is 1. The predicted octanol–water partition coefficient (Wildman–Crippen LogP) is -5.26. The molecule has 0 radical (unpaired) electrons. The number of hydrogen-bond donors (Lipinski definition) is 16. The van der Waals surface area contributed by atoms with E-state index in [1.807, 2.05) is 6.07 Å². The molecule has 1 saturated heterocycles. The monoisotopic (exact) mass is 1050 g/mol. The van der Waals surface area contributed by atoms with Gasteiger partial charge >= 0.3 is 5.97 Å². The Kier molecular flexibility index (Phi) is 29.0. The molecule has 1 aromatic carbocycles. The van der Waals surface area contributed by atoms with Crippen molar-refractivity contribution in [2.24, 2.45) is 39.4 Å². The van der Waals surface area contributed by atoms with Gasteiger partial charge in [0.2, 0.25) is 35.4 Å². The van der Waals surface area contributed by atoms with E-state index in [-0.39, 0.29) is 82.8 Å². The molecule has 0 unspecified atom stereocenters. The molecular weight excluding hydrogens is 979 g/mol. The fraction of sp³-hybridized carbons (Fsp3) is 0.574. The highest BCUT2D eigenvalue weighted by Gasteiger charge is 2.38. The summed E-state index contributed by atoms with van der Waals surface area (Å²) in [6, 6.07) is 0.336. The highest BCUT2D eigenvalue weighted by atomic mass is 16.4. The third kappa shape index (κ3) is 22.7. The van der Waals surface area contributed by atoms with E-state index >= 15 is 0 Å². The van der Waals surface area contributed by atoms with Gasteiger partial charge in [-0.15, -0.1) is 0 Å². The van der Waals surface area contributed by atoms with Crippen LogP contribution in [0, 0.1) is 16.7 Å². The first-order valence-corrected chi connectivity index (χ1v) is 24.7. The molecule has 0 saturated carbocycles. The molecule has 75 heavy (non-hydrogen) atoms. The second-order valence-electron chi connectivity index (χ2n) is 17.6. The van der Waals surface area contributed by atoms with Crippen LogP contribution in [0.3, 0.4) is 0 Å². The molecule has 1 heterocycles. The Morgan fingerprint density at radius 2 is 1.49 bits per heavy atom. The summed E-state index contributed by atoms with van der Waals surface area (Å²) in [4.78, 5) is 125. The minimum Gasteiger partial charge on any atom is -0.477 e. The van der Waals surface area contributed by atoms with Crippen molar-refractivity contribution >= 4 is 64.9 Å². The van der Waals surface area contributed by atoms with E-state index in [0.29, 0.717) is 49.8 Å². The fourth-order valence-corrected chi connectivity index (χ4v) is 7.47. The van der Waals surface area contributed by atoms with Gasteiger partial charge in [-0.1, -0.05) is 24.6 Å². The minimum atomic E-state index is -1.58. The van der Waals surface area contributed by atoms with Crippen LogP contribution < -0.4 is 71.6 Å². The average Bonchev–Trinajstić information content (AvgIpc) is 3.88. The first kappa shape index (κ1) is 63.7. The Bertz CT molecular complexity index is 2240. The molecule has 7 atom stereocenters. The van der Waals surface area contributed by atoms with Gasteiger partial charge in [-0.05, 0) is 108 Å². The molecule has 0 aliphatic carbocycles. The predicted molar refractivity (Wildman–Crippen MR) is 274 cm³/mol. The number of nitrogens with zero attached hydrogens (tertiary/aromatic N) is 3. The van der Waals surface area contributed by atoms with Crippen LogP contribution in [0.2, 0.25) is 0 Å². The van der Waals surface area contributed by atoms with Gasteiger partial charge in [0.05, 0.1) is 30.3 Å². The fourth-order valence-electron chi connectivity index (χ4n) is 7.47. The van der Waals surface area contributed by atoms with Crippen LogP contribution in [0.1, 0.15) is 88.7 Å². The smallest absolute Gasteiger partial charge is 0.352 e. The number of hydrogen-bond acceptors (Lipinski definition) is 17. The molecule has 8 amide bonds. The van der Waals surface area contributed by atoms with E-state index in [1.54, 1.807) is 12.1 Å². The van der Waals surface area contributed by atoms with Crippen molar-refractivity contribution in [2.45, 2.75) is 126 Å². The number of aliphatic hydroxyl groups excluding tert-OH is 1. The lowest BCUT2D eigenvalue weighted by Crippen LogP contribution is -2.60. The summed E-state index contributed by atoms with van der Waals surface area (Å²) in [7, 11) is 0. The molecule has 0 bridgehead atoms. The highest BCUT2D eigenvalue weighted by Crippen LogP contribution is 2.20. The van der Waals surface area contributed by atoms with E-state index in [9.17, 15) is 58.6 Å². The number of nitrogens with one attached hydrogen (secondary N) is 8. The molecule has 1 aromatic rings. The number of aliphatic imine (C=N–C) groups is 1. The van der Waals surface area contributed by atoms with Crippen molar-refractivity contribution < 1.29 is 53.4 Å². The standard InChI is InChI=1S/C47H75N17O11/c1-27(58-44(72)38(36(65)25-52)63-40(68)30(53)9-2-4-18-48)39(67)57-26-37(66)59-32(11-6-20-50)45(73)64-22-8-13-35(64)43(71)62-34(23-28-14-16-29(24-51)17-15-28)42(70)60-31(10-3-5-19-49)41(69)61-33(46(74)75)12-7-21-56-47(54)55/h12,14-17,27,30-31,34-36,38,65H,2-11,13,18-23,25-26,48-50,52-53H2,1H3,(H,57,67)(H,58,72)(H,60,70)(H,61,69)(H,62,71)(H,63,68)(H,74,75)(H4,54,55,56)/b33-12-,59-32+/t27-,30-,31-,34-,35-,36-,38-/m0/s1. The Morgan fingerprint density at radius 3 is 2.09 bits per heavy atom. The van der Waals surface area contributed by atoms with E-state index in [1.165, 1.54) is 30.0 Å². The SMILES string of the molecule is C[C@H](NC(=O)[C@@H](NC(=O)[C@@H](N)CCCCN)[C@@H](O)CN)C(=O)NCC(=O)/N=C(\CCCN)C(=O)N1CCC[C@H]1C(=O)N[C@@H](Cc1ccc(C#N)cc1)C(=O)N[C@@H](CCCCN)C(=O)N/C(=C\CCNC(=N)N)C(=O)O. The second-order valence-corrected chi connectivity index (χ2v) is 17.6. The van der Waals surface area contributed by atoms with Crippen molar-refractivity contribution in [3.05, 3.63) is 47.2 Å². The van der Waals surface area contributed by atoms with Gasteiger partial charge in [-0.3, -0.25) is 43.8 Å². The summed E-state index contributed by atoms with van der Waals surface area (Å²) in [5.74, 6) is -8.66.